The van der Waals surface area contributed by atoms with Crippen LogP contribution in [0.15, 0.2) is 53.3 Å². The van der Waals surface area contributed by atoms with Crippen molar-refractivity contribution in [2.75, 3.05) is 7.11 Å². The first-order valence-electron chi connectivity index (χ1n) is 16.4. The smallest absolute Gasteiger partial charge is 0.257 e. The van der Waals surface area contributed by atoms with E-state index < -0.39 is 5.92 Å². The van der Waals surface area contributed by atoms with Crippen molar-refractivity contribution in [3.8, 4) is 11.4 Å². The van der Waals surface area contributed by atoms with Gasteiger partial charge in [0, 0.05) is 41.5 Å². The Kier molecular flexibility index (Phi) is 10.5. The SMILES string of the molecule is CCCC(Cc1ccccc1)C(=O)NC(CCC)c1c2c(nc3cc(F)c(C)cc13)-c1cc(C(C=O)CC)c(COC)c(=O)n1C2. The molecule has 1 aliphatic rings. The summed E-state index contributed by atoms with van der Waals surface area (Å²) < 4.78 is 22.1. The van der Waals surface area contributed by atoms with Gasteiger partial charge in [-0.1, -0.05) is 63.9 Å². The number of nitrogens with one attached hydrogen (secondary N) is 1. The molecule has 5 rings (SSSR count). The highest BCUT2D eigenvalue weighted by atomic mass is 19.1. The van der Waals surface area contributed by atoms with E-state index in [4.69, 9.17) is 9.72 Å². The molecule has 7 nitrogen and oxygen atoms in total. The van der Waals surface area contributed by atoms with Crippen molar-refractivity contribution < 1.29 is 18.7 Å². The van der Waals surface area contributed by atoms with Gasteiger partial charge in [0.25, 0.3) is 5.56 Å². The number of methoxy groups -OCH3 is 1. The molecular formula is C38H44FN3O4. The van der Waals surface area contributed by atoms with Crippen LogP contribution in [0.5, 0.6) is 0 Å². The molecule has 0 spiro atoms. The van der Waals surface area contributed by atoms with Crippen LogP contribution in [-0.2, 0) is 33.9 Å². The van der Waals surface area contributed by atoms with Gasteiger partial charge >= 0.3 is 0 Å². The fourth-order valence-corrected chi connectivity index (χ4v) is 6.90. The Labute approximate surface area is 270 Å². The van der Waals surface area contributed by atoms with Crippen LogP contribution in [0.1, 0.15) is 98.2 Å². The third kappa shape index (κ3) is 6.41. The fraction of sp³-hybridized carbons (Fsp3) is 0.421. The number of aryl methyl sites for hydroxylation is 1. The number of carbonyl (C=O) groups excluding carboxylic acids is 2. The van der Waals surface area contributed by atoms with Crippen molar-refractivity contribution in [3.63, 3.8) is 0 Å². The van der Waals surface area contributed by atoms with Gasteiger partial charge in [0.05, 0.1) is 36.1 Å². The normalized spacial score (nSPS) is 14.0. The van der Waals surface area contributed by atoms with Gasteiger partial charge in [-0.15, -0.1) is 0 Å². The number of ether oxygens (including phenoxy) is 1. The molecule has 2 aromatic heterocycles. The first kappa shape index (κ1) is 33.2. The van der Waals surface area contributed by atoms with E-state index in [9.17, 15) is 14.4 Å². The summed E-state index contributed by atoms with van der Waals surface area (Å²) in [5.41, 5.74) is 5.79. The van der Waals surface area contributed by atoms with E-state index in [1.54, 1.807) is 11.5 Å². The van der Waals surface area contributed by atoms with Crippen LogP contribution in [0.2, 0.25) is 0 Å². The summed E-state index contributed by atoms with van der Waals surface area (Å²) in [5, 5.41) is 4.17. The zero-order valence-electron chi connectivity index (χ0n) is 27.5. The fourth-order valence-electron chi connectivity index (χ4n) is 6.90. The summed E-state index contributed by atoms with van der Waals surface area (Å²) >= 11 is 0. The number of rotatable bonds is 14. The van der Waals surface area contributed by atoms with Crippen molar-refractivity contribution >= 4 is 23.1 Å². The number of nitrogens with zero attached hydrogens (tertiary/aromatic N) is 2. The lowest BCUT2D eigenvalue weighted by atomic mass is 9.89. The zero-order chi connectivity index (χ0) is 33.0. The van der Waals surface area contributed by atoms with E-state index in [1.807, 2.05) is 37.3 Å². The van der Waals surface area contributed by atoms with Gasteiger partial charge in [-0.05, 0) is 67.0 Å². The number of aldehydes is 1. The number of carbonyl (C=O) groups is 2. The highest BCUT2D eigenvalue weighted by Crippen LogP contribution is 2.41. The maximum absolute atomic E-state index is 15.0. The van der Waals surface area contributed by atoms with E-state index in [0.29, 0.717) is 52.9 Å². The molecular weight excluding hydrogens is 581 g/mol. The number of fused-ring (bicyclic) bond motifs is 4. The molecule has 3 unspecified atom stereocenters. The molecule has 0 fully saturated rings. The Hall–Kier alpha value is -4.17. The predicted molar refractivity (Wildman–Crippen MR) is 179 cm³/mol. The van der Waals surface area contributed by atoms with Crippen LogP contribution in [-0.4, -0.2) is 28.9 Å². The molecule has 1 N–H and O–H groups in total. The standard InChI is InChI=1S/C38H44FN3O4/c1-6-12-26(17-24-14-10-9-11-15-24)37(44)41-32(13-7-2)35-28-16-23(4)31(39)19-33(28)40-36-29(35)20-42-34(36)18-27(25(8-3)21-43)30(22-46-5)38(42)45/h9-11,14-16,18-19,21,25-26,32H,6-8,12-13,17,20,22H2,1-5H3,(H,41,44). The van der Waals surface area contributed by atoms with Crippen LogP contribution in [0, 0.1) is 18.7 Å². The van der Waals surface area contributed by atoms with Gasteiger partial charge in [-0.3, -0.25) is 9.59 Å². The second-order valence-electron chi connectivity index (χ2n) is 12.4. The van der Waals surface area contributed by atoms with E-state index in [0.717, 1.165) is 47.6 Å². The molecule has 2 aromatic carbocycles. The van der Waals surface area contributed by atoms with Crippen molar-refractivity contribution in [2.45, 2.75) is 91.3 Å². The molecule has 1 aliphatic heterocycles. The summed E-state index contributed by atoms with van der Waals surface area (Å²) in [6.07, 6.45) is 5.12. The largest absolute Gasteiger partial charge is 0.380 e. The van der Waals surface area contributed by atoms with Crippen molar-refractivity contribution in [3.05, 3.63) is 98.1 Å². The monoisotopic (exact) mass is 625 g/mol. The Morgan fingerprint density at radius 3 is 2.50 bits per heavy atom. The second kappa shape index (κ2) is 14.5. The summed E-state index contributed by atoms with van der Waals surface area (Å²) in [5.74, 6) is -1.07. The molecule has 8 heteroatoms. The third-order valence-corrected chi connectivity index (χ3v) is 9.27. The lowest BCUT2D eigenvalue weighted by Crippen LogP contribution is -2.35. The molecule has 46 heavy (non-hydrogen) atoms. The number of halogens is 1. The highest BCUT2D eigenvalue weighted by Gasteiger charge is 2.33. The topological polar surface area (TPSA) is 90.3 Å². The zero-order valence-corrected chi connectivity index (χ0v) is 27.5. The van der Waals surface area contributed by atoms with E-state index in [-0.39, 0.29) is 42.4 Å². The quantitative estimate of drug-likeness (QED) is 0.131. The first-order chi connectivity index (χ1) is 22.3. The Morgan fingerprint density at radius 1 is 1.11 bits per heavy atom. The first-order valence-corrected chi connectivity index (χ1v) is 16.4. The van der Waals surface area contributed by atoms with Gasteiger partial charge in [0.1, 0.15) is 12.1 Å². The lowest BCUT2D eigenvalue weighted by molar-refractivity contribution is -0.126. The molecule has 3 atom stereocenters. The number of hydrogen-bond acceptors (Lipinski definition) is 5. The minimum absolute atomic E-state index is 0.0178. The molecule has 1 amide bonds. The number of amides is 1. The van der Waals surface area contributed by atoms with E-state index >= 15 is 4.39 Å². The van der Waals surface area contributed by atoms with Crippen molar-refractivity contribution in [1.82, 2.24) is 14.9 Å². The Bertz CT molecular complexity index is 1800. The van der Waals surface area contributed by atoms with E-state index in [1.165, 1.54) is 13.2 Å². The van der Waals surface area contributed by atoms with Gasteiger partial charge in [-0.2, -0.15) is 0 Å². The summed E-state index contributed by atoms with van der Waals surface area (Å²) in [6, 6.07) is 14.8. The maximum Gasteiger partial charge on any atom is 0.257 e. The van der Waals surface area contributed by atoms with Crippen molar-refractivity contribution in [1.29, 1.82) is 0 Å². The lowest BCUT2D eigenvalue weighted by Gasteiger charge is -2.26. The second-order valence-corrected chi connectivity index (χ2v) is 12.4. The van der Waals surface area contributed by atoms with Crippen LogP contribution in [0.3, 0.4) is 0 Å². The summed E-state index contributed by atoms with van der Waals surface area (Å²) in [4.78, 5) is 45.1. The van der Waals surface area contributed by atoms with Gasteiger partial charge in [0.2, 0.25) is 5.91 Å². The molecule has 0 bridgehead atoms. The van der Waals surface area contributed by atoms with Crippen LogP contribution >= 0.6 is 0 Å². The number of hydrogen-bond donors (Lipinski definition) is 1. The third-order valence-electron chi connectivity index (χ3n) is 9.27. The average Bonchev–Trinajstić information content (AvgIpc) is 3.41. The molecule has 242 valence electrons. The highest BCUT2D eigenvalue weighted by molar-refractivity contribution is 5.90. The van der Waals surface area contributed by atoms with Crippen LogP contribution in [0.4, 0.5) is 4.39 Å². The van der Waals surface area contributed by atoms with Gasteiger partial charge < -0.3 is 19.4 Å². The number of aromatic nitrogens is 2. The van der Waals surface area contributed by atoms with Gasteiger partial charge in [-0.25, -0.2) is 9.37 Å². The van der Waals surface area contributed by atoms with Crippen LogP contribution in [0.25, 0.3) is 22.3 Å². The number of benzene rings is 2. The average molecular weight is 626 g/mol. The molecule has 0 radical (unpaired) electrons. The van der Waals surface area contributed by atoms with Crippen molar-refractivity contribution in [2.24, 2.45) is 5.92 Å². The molecule has 0 saturated carbocycles. The Morgan fingerprint density at radius 2 is 1.85 bits per heavy atom. The minimum Gasteiger partial charge on any atom is -0.380 e. The molecule has 4 aromatic rings. The Balaban J connectivity index is 1.68. The van der Waals surface area contributed by atoms with Crippen LogP contribution < -0.4 is 10.9 Å². The summed E-state index contributed by atoms with van der Waals surface area (Å²) in [6.45, 7) is 8.13. The van der Waals surface area contributed by atoms with E-state index in [2.05, 4.69) is 31.3 Å². The minimum atomic E-state index is -0.472. The van der Waals surface area contributed by atoms with Gasteiger partial charge in [0.15, 0.2) is 0 Å². The molecule has 3 heterocycles. The number of pyridine rings is 2. The predicted octanol–water partition coefficient (Wildman–Crippen LogP) is 7.33. The summed E-state index contributed by atoms with van der Waals surface area (Å²) in [7, 11) is 1.53. The maximum atomic E-state index is 15.0. The molecule has 0 saturated heterocycles. The molecule has 0 aliphatic carbocycles.